The Morgan fingerprint density at radius 3 is 2.53 bits per heavy atom. The quantitative estimate of drug-likeness (QED) is 0.470. The molecule has 0 unspecified atom stereocenters. The van der Waals surface area contributed by atoms with Crippen LogP contribution in [0, 0.1) is 0 Å². The first-order valence-corrected chi connectivity index (χ1v) is 10.5. The highest BCUT2D eigenvalue weighted by atomic mass is 32.1. The lowest BCUT2D eigenvalue weighted by Gasteiger charge is -2.21. The van der Waals surface area contributed by atoms with E-state index in [0.717, 1.165) is 22.6 Å². The zero-order valence-electron chi connectivity index (χ0n) is 16.7. The Bertz CT molecular complexity index is 1230. The minimum Gasteiger partial charge on any atom is -0.497 e. The molecule has 0 saturated carbocycles. The fourth-order valence-corrected chi connectivity index (χ4v) is 4.31. The van der Waals surface area contributed by atoms with Crippen molar-refractivity contribution in [2.24, 2.45) is 0 Å². The van der Waals surface area contributed by atoms with Gasteiger partial charge in [-0.1, -0.05) is 30.3 Å². The molecule has 2 aromatic carbocycles. The van der Waals surface area contributed by atoms with Crippen LogP contribution in [-0.2, 0) is 11.3 Å². The minimum absolute atomic E-state index is 0.0671. The molecule has 0 N–H and O–H groups in total. The lowest BCUT2D eigenvalue weighted by molar-refractivity contribution is -0.119. The Morgan fingerprint density at radius 2 is 1.87 bits per heavy atom. The van der Waals surface area contributed by atoms with Gasteiger partial charge in [0.25, 0.3) is 5.56 Å². The second kappa shape index (κ2) is 8.51. The fraction of sp³-hybridized carbons (Fsp3) is 0.174. The zero-order valence-corrected chi connectivity index (χ0v) is 17.6. The van der Waals surface area contributed by atoms with Gasteiger partial charge in [0.1, 0.15) is 17.1 Å². The standard InChI is InChI=1S/C23H21N3O3S/c1-3-26(17-7-5-4-6-8-17)20(27)13-25-15-24-22-21(23(25)28)19(14-30-22)16-9-11-18(29-2)12-10-16/h4-12,14-15H,3,13H2,1-2H3. The number of nitrogens with zero attached hydrogens (tertiary/aromatic N) is 3. The second-order valence-corrected chi connectivity index (χ2v) is 7.57. The molecule has 0 aliphatic carbocycles. The molecule has 1 amide bonds. The highest BCUT2D eigenvalue weighted by Gasteiger charge is 2.18. The van der Waals surface area contributed by atoms with Crippen LogP contribution in [-0.4, -0.2) is 29.1 Å². The van der Waals surface area contributed by atoms with Gasteiger partial charge in [-0.3, -0.25) is 14.2 Å². The fourth-order valence-electron chi connectivity index (χ4n) is 3.41. The maximum absolute atomic E-state index is 13.2. The van der Waals surface area contributed by atoms with Crippen LogP contribution in [0.5, 0.6) is 5.75 Å². The molecular weight excluding hydrogens is 398 g/mol. The number of carbonyl (C=O) groups excluding carboxylic acids is 1. The molecule has 0 bridgehead atoms. The van der Waals surface area contributed by atoms with Crippen molar-refractivity contribution < 1.29 is 9.53 Å². The molecule has 2 aromatic heterocycles. The highest BCUT2D eigenvalue weighted by Crippen LogP contribution is 2.31. The Balaban J connectivity index is 1.69. The molecular formula is C23H21N3O3S. The summed E-state index contributed by atoms with van der Waals surface area (Å²) in [5.74, 6) is 0.591. The highest BCUT2D eigenvalue weighted by molar-refractivity contribution is 7.17. The van der Waals surface area contributed by atoms with Gasteiger partial charge in [-0.25, -0.2) is 4.98 Å². The number of anilines is 1. The van der Waals surface area contributed by atoms with E-state index in [1.54, 1.807) is 12.0 Å². The van der Waals surface area contributed by atoms with Gasteiger partial charge < -0.3 is 9.64 Å². The number of amides is 1. The van der Waals surface area contributed by atoms with Crippen molar-refractivity contribution in [1.82, 2.24) is 9.55 Å². The van der Waals surface area contributed by atoms with Gasteiger partial charge in [-0.15, -0.1) is 11.3 Å². The SMILES string of the molecule is CCN(C(=O)Cn1cnc2scc(-c3ccc(OC)cc3)c2c1=O)c1ccccc1. The molecule has 0 aliphatic rings. The van der Waals surface area contributed by atoms with Gasteiger partial charge >= 0.3 is 0 Å². The summed E-state index contributed by atoms with van der Waals surface area (Å²) in [6.07, 6.45) is 1.45. The molecule has 4 rings (SSSR count). The molecule has 2 heterocycles. The van der Waals surface area contributed by atoms with E-state index in [1.807, 2.05) is 66.9 Å². The summed E-state index contributed by atoms with van der Waals surface area (Å²) in [5.41, 5.74) is 2.31. The Morgan fingerprint density at radius 1 is 1.13 bits per heavy atom. The Hall–Kier alpha value is -3.45. The van der Waals surface area contributed by atoms with Gasteiger partial charge in [0.2, 0.25) is 5.91 Å². The third-order valence-electron chi connectivity index (χ3n) is 4.95. The third-order valence-corrected chi connectivity index (χ3v) is 5.84. The van der Waals surface area contributed by atoms with Gasteiger partial charge in [0, 0.05) is 23.2 Å². The van der Waals surface area contributed by atoms with E-state index in [-0.39, 0.29) is 18.0 Å². The average molecular weight is 420 g/mol. The third kappa shape index (κ3) is 3.71. The number of rotatable bonds is 6. The first-order chi connectivity index (χ1) is 14.6. The van der Waals surface area contributed by atoms with Gasteiger partial charge in [0.05, 0.1) is 18.8 Å². The van der Waals surface area contributed by atoms with Gasteiger partial charge in [0.15, 0.2) is 0 Å². The van der Waals surface area contributed by atoms with Gasteiger partial charge in [-0.05, 0) is 36.8 Å². The summed E-state index contributed by atoms with van der Waals surface area (Å²) < 4.78 is 6.60. The molecule has 0 aliphatic heterocycles. The molecule has 152 valence electrons. The molecule has 0 atom stereocenters. The number of hydrogen-bond acceptors (Lipinski definition) is 5. The number of hydrogen-bond donors (Lipinski definition) is 0. The lowest BCUT2D eigenvalue weighted by Crippen LogP contribution is -2.36. The van der Waals surface area contributed by atoms with Crippen LogP contribution >= 0.6 is 11.3 Å². The molecule has 0 saturated heterocycles. The van der Waals surface area contributed by atoms with E-state index in [1.165, 1.54) is 22.2 Å². The second-order valence-electron chi connectivity index (χ2n) is 6.71. The van der Waals surface area contributed by atoms with Gasteiger partial charge in [-0.2, -0.15) is 0 Å². The van der Waals surface area contributed by atoms with Crippen molar-refractivity contribution >= 4 is 33.1 Å². The van der Waals surface area contributed by atoms with Crippen LogP contribution in [0.1, 0.15) is 6.92 Å². The topological polar surface area (TPSA) is 64.4 Å². The van der Waals surface area contributed by atoms with Crippen LogP contribution in [0.3, 0.4) is 0 Å². The van der Waals surface area contributed by atoms with Crippen LogP contribution < -0.4 is 15.2 Å². The number of fused-ring (bicyclic) bond motifs is 1. The predicted molar refractivity (Wildman–Crippen MR) is 120 cm³/mol. The largest absolute Gasteiger partial charge is 0.497 e. The van der Waals surface area contributed by atoms with Crippen molar-refractivity contribution in [3.8, 4) is 16.9 Å². The predicted octanol–water partition coefficient (Wildman–Crippen LogP) is 4.19. The number of thiophene rings is 1. The van der Waals surface area contributed by atoms with Crippen LogP contribution in [0.25, 0.3) is 21.3 Å². The normalized spacial score (nSPS) is 10.9. The van der Waals surface area contributed by atoms with Crippen molar-refractivity contribution in [3.05, 3.63) is 76.7 Å². The summed E-state index contributed by atoms with van der Waals surface area (Å²) in [6, 6.07) is 17.0. The number of benzene rings is 2. The zero-order chi connectivity index (χ0) is 21.1. The van der Waals surface area contributed by atoms with Crippen molar-refractivity contribution in [2.45, 2.75) is 13.5 Å². The van der Waals surface area contributed by atoms with Crippen LogP contribution in [0.4, 0.5) is 5.69 Å². The molecule has 0 radical (unpaired) electrons. The maximum Gasteiger partial charge on any atom is 0.263 e. The summed E-state index contributed by atoms with van der Waals surface area (Å²) in [5, 5.41) is 2.46. The number of ether oxygens (including phenoxy) is 1. The van der Waals surface area contributed by atoms with Crippen LogP contribution in [0.15, 0.2) is 71.1 Å². The molecule has 0 spiro atoms. The van der Waals surface area contributed by atoms with E-state index in [4.69, 9.17) is 4.74 Å². The molecule has 7 heteroatoms. The Labute approximate surface area is 178 Å². The van der Waals surface area contributed by atoms with E-state index < -0.39 is 0 Å². The van der Waals surface area contributed by atoms with Crippen molar-refractivity contribution in [2.75, 3.05) is 18.6 Å². The van der Waals surface area contributed by atoms with E-state index in [0.29, 0.717) is 16.8 Å². The molecule has 30 heavy (non-hydrogen) atoms. The summed E-state index contributed by atoms with van der Waals surface area (Å²) in [7, 11) is 1.61. The monoisotopic (exact) mass is 419 g/mol. The summed E-state index contributed by atoms with van der Waals surface area (Å²) >= 11 is 1.42. The number of methoxy groups -OCH3 is 1. The van der Waals surface area contributed by atoms with E-state index >= 15 is 0 Å². The first-order valence-electron chi connectivity index (χ1n) is 9.59. The number of aromatic nitrogens is 2. The maximum atomic E-state index is 13.2. The van der Waals surface area contributed by atoms with E-state index in [9.17, 15) is 9.59 Å². The molecule has 0 fully saturated rings. The van der Waals surface area contributed by atoms with Crippen molar-refractivity contribution in [3.63, 3.8) is 0 Å². The van der Waals surface area contributed by atoms with Crippen molar-refractivity contribution in [1.29, 1.82) is 0 Å². The summed E-state index contributed by atoms with van der Waals surface area (Å²) in [4.78, 5) is 32.9. The number of likely N-dealkylation sites (N-methyl/N-ethyl adjacent to an activating group) is 1. The number of carbonyl (C=O) groups is 1. The smallest absolute Gasteiger partial charge is 0.263 e. The molecule has 4 aromatic rings. The average Bonchev–Trinajstić information content (AvgIpc) is 3.22. The molecule has 6 nitrogen and oxygen atoms in total. The lowest BCUT2D eigenvalue weighted by atomic mass is 10.1. The Kier molecular flexibility index (Phi) is 5.63. The number of para-hydroxylation sites is 1. The minimum atomic E-state index is -0.218. The summed E-state index contributed by atoms with van der Waals surface area (Å²) in [6.45, 7) is 2.36. The van der Waals surface area contributed by atoms with E-state index in [2.05, 4.69) is 4.98 Å². The first kappa shape index (κ1) is 19.8. The van der Waals surface area contributed by atoms with Crippen LogP contribution in [0.2, 0.25) is 0 Å².